The molecule has 0 aliphatic heterocycles. The molecule has 2 N–H and O–H groups in total. The van der Waals surface area contributed by atoms with Gasteiger partial charge in [-0.1, -0.05) is 36.4 Å². The molecule has 0 amide bonds. The monoisotopic (exact) mass is 366 g/mol. The lowest BCUT2D eigenvalue weighted by molar-refractivity contribution is 0.310. The fourth-order valence-electron chi connectivity index (χ4n) is 2.93. The molecule has 0 unspecified atom stereocenters. The fourth-order valence-corrected chi connectivity index (χ4v) is 2.93. The molecule has 5 heteroatoms. The van der Waals surface area contributed by atoms with Gasteiger partial charge in [-0.25, -0.2) is 0 Å². The quantitative estimate of drug-likeness (QED) is 0.370. The van der Waals surface area contributed by atoms with Crippen molar-refractivity contribution in [2.75, 3.05) is 5.43 Å². The van der Waals surface area contributed by atoms with E-state index in [1.807, 2.05) is 66.9 Å². The fraction of sp³-hybridized carbons (Fsp3) is 0.0435. The molecule has 0 bridgehead atoms. The van der Waals surface area contributed by atoms with Crippen LogP contribution in [0.3, 0.4) is 0 Å². The van der Waals surface area contributed by atoms with Gasteiger partial charge in [0.1, 0.15) is 12.4 Å². The van der Waals surface area contributed by atoms with E-state index in [-0.39, 0.29) is 0 Å². The van der Waals surface area contributed by atoms with Crippen LogP contribution < -0.4 is 10.2 Å². The Labute approximate surface area is 162 Å². The first-order valence-corrected chi connectivity index (χ1v) is 8.89. The van der Waals surface area contributed by atoms with Crippen molar-refractivity contribution in [2.45, 2.75) is 6.61 Å². The van der Waals surface area contributed by atoms with Gasteiger partial charge in [0, 0.05) is 17.3 Å². The molecule has 0 aliphatic rings. The second-order valence-electron chi connectivity index (χ2n) is 6.26. The van der Waals surface area contributed by atoms with Gasteiger partial charge in [0.2, 0.25) is 0 Å². The molecule has 0 radical (unpaired) electrons. The molecule has 0 fully saturated rings. The molecule has 28 heavy (non-hydrogen) atoms. The molecule has 0 aliphatic carbocycles. The molecule has 5 nitrogen and oxygen atoms in total. The Morgan fingerprint density at radius 2 is 1.82 bits per heavy atom. The summed E-state index contributed by atoms with van der Waals surface area (Å²) in [5.41, 5.74) is 7.45. The van der Waals surface area contributed by atoms with Gasteiger partial charge >= 0.3 is 0 Å². The van der Waals surface area contributed by atoms with Gasteiger partial charge in [0.25, 0.3) is 0 Å². The van der Waals surface area contributed by atoms with Crippen LogP contribution in [0.2, 0.25) is 0 Å². The Balaban J connectivity index is 1.53. The highest BCUT2D eigenvalue weighted by Crippen LogP contribution is 2.28. The van der Waals surface area contributed by atoms with Crippen molar-refractivity contribution in [2.24, 2.45) is 5.10 Å². The minimum absolute atomic E-state index is 0.505. The summed E-state index contributed by atoms with van der Waals surface area (Å²) in [6.07, 6.45) is 3.66. The van der Waals surface area contributed by atoms with Crippen molar-refractivity contribution in [1.29, 1.82) is 5.26 Å². The average Bonchev–Trinajstić information content (AvgIpc) is 3.17. The van der Waals surface area contributed by atoms with E-state index in [9.17, 15) is 0 Å². The molecule has 4 rings (SSSR count). The van der Waals surface area contributed by atoms with Crippen LogP contribution in [0.5, 0.6) is 5.75 Å². The predicted octanol–water partition coefficient (Wildman–Crippen LogP) is 5.06. The first-order chi connectivity index (χ1) is 13.8. The zero-order valence-corrected chi connectivity index (χ0v) is 15.1. The summed E-state index contributed by atoms with van der Waals surface area (Å²) < 4.78 is 6.06. The predicted molar refractivity (Wildman–Crippen MR) is 111 cm³/mol. The Morgan fingerprint density at radius 3 is 2.61 bits per heavy atom. The summed E-state index contributed by atoms with van der Waals surface area (Å²) in [6, 6.07) is 25.3. The van der Waals surface area contributed by atoms with Gasteiger partial charge in [-0.05, 0) is 42.0 Å². The van der Waals surface area contributed by atoms with Crippen molar-refractivity contribution >= 4 is 22.8 Å². The topological polar surface area (TPSA) is 73.2 Å². The molecule has 4 aromatic rings. The zero-order chi connectivity index (χ0) is 19.2. The highest BCUT2D eigenvalue weighted by molar-refractivity contribution is 6.02. The molecular formula is C23H18N4O. The largest absolute Gasteiger partial charge is 0.488 e. The number of nitriles is 1. The lowest BCUT2D eigenvalue weighted by Gasteiger charge is -2.08. The molecule has 0 atom stereocenters. The summed E-state index contributed by atoms with van der Waals surface area (Å²) >= 11 is 0. The summed E-state index contributed by atoms with van der Waals surface area (Å²) in [5, 5.41) is 14.2. The van der Waals surface area contributed by atoms with Gasteiger partial charge in [-0.3, -0.25) is 5.43 Å². The highest BCUT2D eigenvalue weighted by atomic mass is 16.5. The Hall–Kier alpha value is -4.04. The SMILES string of the molecule is N#Cc1ccc(N/N=C/c2c[nH]c3cccc(OCc4ccccc4)c23)cc1. The van der Waals surface area contributed by atoms with E-state index in [0.29, 0.717) is 12.2 Å². The van der Waals surface area contributed by atoms with Crippen LogP contribution in [0.1, 0.15) is 16.7 Å². The average molecular weight is 366 g/mol. The number of hydrogen-bond acceptors (Lipinski definition) is 4. The van der Waals surface area contributed by atoms with Crippen LogP contribution >= 0.6 is 0 Å². The number of nitrogens with one attached hydrogen (secondary N) is 2. The minimum atomic E-state index is 0.505. The normalized spacial score (nSPS) is 10.8. The third kappa shape index (κ3) is 3.87. The smallest absolute Gasteiger partial charge is 0.129 e. The number of aromatic amines is 1. The van der Waals surface area contributed by atoms with Gasteiger partial charge in [-0.2, -0.15) is 10.4 Å². The number of aromatic nitrogens is 1. The Bertz CT molecular complexity index is 1140. The van der Waals surface area contributed by atoms with E-state index in [0.717, 1.165) is 33.5 Å². The number of rotatable bonds is 6. The first-order valence-electron chi connectivity index (χ1n) is 8.89. The van der Waals surface area contributed by atoms with Crippen molar-refractivity contribution in [3.63, 3.8) is 0 Å². The summed E-state index contributed by atoms with van der Waals surface area (Å²) in [4.78, 5) is 3.26. The van der Waals surface area contributed by atoms with E-state index in [1.54, 1.807) is 18.3 Å². The Morgan fingerprint density at radius 1 is 1.00 bits per heavy atom. The van der Waals surface area contributed by atoms with Crippen LogP contribution in [0.15, 0.2) is 84.1 Å². The van der Waals surface area contributed by atoms with Gasteiger partial charge in [0.05, 0.1) is 28.9 Å². The number of anilines is 1. The van der Waals surface area contributed by atoms with Gasteiger partial charge in [-0.15, -0.1) is 0 Å². The summed E-state index contributed by atoms with van der Waals surface area (Å²) in [6.45, 7) is 0.505. The zero-order valence-electron chi connectivity index (χ0n) is 15.1. The number of benzene rings is 3. The second kappa shape index (κ2) is 8.11. The van der Waals surface area contributed by atoms with Crippen molar-refractivity contribution < 1.29 is 4.74 Å². The van der Waals surface area contributed by atoms with E-state index >= 15 is 0 Å². The summed E-state index contributed by atoms with van der Waals surface area (Å²) in [7, 11) is 0. The molecule has 0 saturated carbocycles. The van der Waals surface area contributed by atoms with E-state index in [1.165, 1.54) is 0 Å². The number of hydrazone groups is 1. The third-order valence-electron chi connectivity index (χ3n) is 4.35. The standard InChI is InChI=1S/C23H18N4O/c24-13-17-9-11-20(12-10-17)27-26-15-19-14-25-21-7-4-8-22(23(19)21)28-16-18-5-2-1-3-6-18/h1-12,14-15,25,27H,16H2/b26-15+. The first kappa shape index (κ1) is 17.4. The molecule has 1 heterocycles. The Kier molecular flexibility index (Phi) is 5.03. The maximum atomic E-state index is 8.86. The minimum Gasteiger partial charge on any atom is -0.488 e. The van der Waals surface area contributed by atoms with Crippen LogP contribution in [0.25, 0.3) is 10.9 Å². The number of fused-ring (bicyclic) bond motifs is 1. The molecule has 136 valence electrons. The lowest BCUT2D eigenvalue weighted by atomic mass is 10.1. The van der Waals surface area contributed by atoms with Crippen LogP contribution in [-0.2, 0) is 6.61 Å². The maximum Gasteiger partial charge on any atom is 0.129 e. The van der Waals surface area contributed by atoms with Gasteiger partial charge < -0.3 is 9.72 Å². The molecule has 3 aromatic carbocycles. The number of H-pyrrole nitrogens is 1. The molecular weight excluding hydrogens is 348 g/mol. The molecule has 1 aromatic heterocycles. The van der Waals surface area contributed by atoms with Crippen molar-refractivity contribution in [3.8, 4) is 11.8 Å². The highest BCUT2D eigenvalue weighted by Gasteiger charge is 2.08. The van der Waals surface area contributed by atoms with E-state index in [2.05, 4.69) is 21.6 Å². The van der Waals surface area contributed by atoms with E-state index in [4.69, 9.17) is 10.00 Å². The van der Waals surface area contributed by atoms with E-state index < -0.39 is 0 Å². The maximum absolute atomic E-state index is 8.86. The molecule has 0 saturated heterocycles. The van der Waals surface area contributed by atoms with Crippen molar-refractivity contribution in [3.05, 3.63) is 95.7 Å². The van der Waals surface area contributed by atoms with Crippen LogP contribution in [0, 0.1) is 11.3 Å². The second-order valence-corrected chi connectivity index (χ2v) is 6.26. The van der Waals surface area contributed by atoms with Crippen LogP contribution in [0.4, 0.5) is 5.69 Å². The number of ether oxygens (including phenoxy) is 1. The van der Waals surface area contributed by atoms with Crippen molar-refractivity contribution in [1.82, 2.24) is 4.98 Å². The number of nitrogens with zero attached hydrogens (tertiary/aromatic N) is 2. The van der Waals surface area contributed by atoms with Gasteiger partial charge in [0.15, 0.2) is 0 Å². The molecule has 0 spiro atoms. The summed E-state index contributed by atoms with van der Waals surface area (Å²) in [5.74, 6) is 0.808. The third-order valence-corrected chi connectivity index (χ3v) is 4.35. The van der Waals surface area contributed by atoms with Crippen LogP contribution in [-0.4, -0.2) is 11.2 Å². The number of hydrogen-bond donors (Lipinski definition) is 2. The lowest BCUT2D eigenvalue weighted by Crippen LogP contribution is -1.96.